The molecule has 1 amide bonds. The maximum atomic E-state index is 15.9. The van der Waals surface area contributed by atoms with Crippen molar-refractivity contribution in [2.24, 2.45) is 0 Å². The number of carbonyl (C=O) groups is 1. The number of carbonyl (C=O) groups excluding carboxylic acids is 1. The first kappa shape index (κ1) is 27.6. The number of nitrogens with zero attached hydrogens (tertiary/aromatic N) is 7. The van der Waals surface area contributed by atoms with Gasteiger partial charge in [-0.05, 0) is 51.5 Å². The summed E-state index contributed by atoms with van der Waals surface area (Å²) in [5.74, 6) is -3.00. The zero-order valence-corrected chi connectivity index (χ0v) is 22.9. The Morgan fingerprint density at radius 3 is 2.49 bits per heavy atom. The van der Waals surface area contributed by atoms with Crippen molar-refractivity contribution < 1.29 is 23.4 Å². The fourth-order valence-corrected chi connectivity index (χ4v) is 5.29. The van der Waals surface area contributed by atoms with E-state index < -0.39 is 34.3 Å². The highest BCUT2D eigenvalue weighted by Crippen LogP contribution is 2.36. The standard InChI is InChI=1S/C28H27F2N7O4/c1-6-21(38)34-9-10-35(15(3)12-34)26-18-11-20(30)24(22-19(29)8-7-14(2)25(22)39)37(41)27(18)36(28(40)33-26)23-16(4)31-13-32-17(23)5/h6-8,11,13,15,39H,1,9-10,12H2,2-5H3/t15-/m0/s1. The minimum atomic E-state index is -1.13. The molecule has 11 nitrogen and oxygen atoms in total. The summed E-state index contributed by atoms with van der Waals surface area (Å²) >= 11 is 0. The van der Waals surface area contributed by atoms with E-state index in [4.69, 9.17) is 0 Å². The van der Waals surface area contributed by atoms with Crippen LogP contribution in [0.3, 0.4) is 0 Å². The first-order valence-corrected chi connectivity index (χ1v) is 12.8. The largest absolute Gasteiger partial charge is 0.710 e. The zero-order chi connectivity index (χ0) is 29.7. The Morgan fingerprint density at radius 2 is 1.85 bits per heavy atom. The molecule has 1 fully saturated rings. The van der Waals surface area contributed by atoms with Crippen LogP contribution in [0.25, 0.3) is 28.0 Å². The van der Waals surface area contributed by atoms with Gasteiger partial charge in [-0.15, -0.1) is 4.57 Å². The molecular formula is C28H27F2N7O4. The van der Waals surface area contributed by atoms with E-state index in [0.717, 1.165) is 16.7 Å². The van der Waals surface area contributed by atoms with Gasteiger partial charge >= 0.3 is 11.3 Å². The van der Waals surface area contributed by atoms with Gasteiger partial charge in [0.2, 0.25) is 5.91 Å². The molecule has 1 aliphatic rings. The van der Waals surface area contributed by atoms with Crippen LogP contribution >= 0.6 is 0 Å². The van der Waals surface area contributed by atoms with Gasteiger partial charge in [0.05, 0.1) is 11.4 Å². The number of anilines is 1. The molecule has 1 saturated heterocycles. The Labute approximate surface area is 233 Å². The number of pyridine rings is 1. The van der Waals surface area contributed by atoms with Crippen molar-refractivity contribution in [3.05, 3.63) is 81.5 Å². The molecule has 3 aromatic heterocycles. The van der Waals surface area contributed by atoms with Crippen molar-refractivity contribution in [1.29, 1.82) is 0 Å². The van der Waals surface area contributed by atoms with Gasteiger partial charge in [0.1, 0.15) is 28.8 Å². The molecule has 0 saturated carbocycles. The molecule has 212 valence electrons. The molecule has 1 atom stereocenters. The normalized spacial score (nSPS) is 15.4. The van der Waals surface area contributed by atoms with Gasteiger partial charge in [-0.1, -0.05) is 12.6 Å². The van der Waals surface area contributed by atoms with Gasteiger partial charge < -0.3 is 20.1 Å². The van der Waals surface area contributed by atoms with E-state index in [1.165, 1.54) is 25.4 Å². The van der Waals surface area contributed by atoms with E-state index in [2.05, 4.69) is 21.5 Å². The van der Waals surface area contributed by atoms with Crippen LogP contribution in [0, 0.1) is 37.6 Å². The third-order valence-corrected chi connectivity index (χ3v) is 7.34. The van der Waals surface area contributed by atoms with E-state index in [1.54, 1.807) is 30.6 Å². The Bertz CT molecular complexity index is 1790. The number of benzene rings is 1. The second-order valence-corrected chi connectivity index (χ2v) is 9.94. The maximum absolute atomic E-state index is 15.9. The average molecular weight is 564 g/mol. The highest BCUT2D eigenvalue weighted by molar-refractivity contribution is 5.89. The van der Waals surface area contributed by atoms with Crippen molar-refractivity contribution in [2.75, 3.05) is 24.5 Å². The number of aromatic nitrogens is 5. The van der Waals surface area contributed by atoms with E-state index in [-0.39, 0.29) is 64.4 Å². The molecule has 4 aromatic rings. The summed E-state index contributed by atoms with van der Waals surface area (Å²) in [6.45, 7) is 10.8. The smallest absolute Gasteiger partial charge is 0.442 e. The summed E-state index contributed by atoms with van der Waals surface area (Å²) in [7, 11) is 0. The van der Waals surface area contributed by atoms with E-state index in [1.807, 2.05) is 0 Å². The minimum absolute atomic E-state index is 0.0237. The summed E-state index contributed by atoms with van der Waals surface area (Å²) in [6.07, 6.45) is 2.51. The number of amides is 1. The highest BCUT2D eigenvalue weighted by Gasteiger charge is 2.34. The number of halogens is 2. The number of hydrogen-bond donors (Lipinski definition) is 1. The Hall–Kier alpha value is -4.94. The molecule has 1 aliphatic heterocycles. The molecule has 1 N–H and O–H groups in total. The molecule has 4 heterocycles. The molecule has 1 aromatic carbocycles. The van der Waals surface area contributed by atoms with Crippen LogP contribution in [0.4, 0.5) is 14.6 Å². The van der Waals surface area contributed by atoms with Gasteiger partial charge in [0, 0.05) is 25.7 Å². The van der Waals surface area contributed by atoms with E-state index in [9.17, 15) is 19.9 Å². The predicted molar refractivity (Wildman–Crippen MR) is 147 cm³/mol. The Morgan fingerprint density at radius 1 is 1.17 bits per heavy atom. The molecule has 41 heavy (non-hydrogen) atoms. The van der Waals surface area contributed by atoms with Gasteiger partial charge in [0.25, 0.3) is 0 Å². The lowest BCUT2D eigenvalue weighted by Gasteiger charge is -2.40. The quantitative estimate of drug-likeness (QED) is 0.228. The maximum Gasteiger partial charge on any atom is 0.442 e. The molecule has 0 spiro atoms. The van der Waals surface area contributed by atoms with Crippen LogP contribution < -0.4 is 15.3 Å². The molecule has 0 radical (unpaired) electrons. The summed E-state index contributed by atoms with van der Waals surface area (Å²) in [4.78, 5) is 41.8. The van der Waals surface area contributed by atoms with Crippen LogP contribution in [-0.2, 0) is 4.79 Å². The van der Waals surface area contributed by atoms with Crippen LogP contribution in [-0.4, -0.2) is 61.1 Å². The first-order valence-electron chi connectivity index (χ1n) is 12.8. The fourth-order valence-electron chi connectivity index (χ4n) is 5.29. The van der Waals surface area contributed by atoms with Crippen molar-refractivity contribution in [1.82, 2.24) is 24.4 Å². The van der Waals surface area contributed by atoms with Crippen molar-refractivity contribution in [3.8, 4) is 22.7 Å². The lowest BCUT2D eigenvalue weighted by Crippen LogP contribution is -2.54. The molecule has 0 unspecified atom stereocenters. The van der Waals surface area contributed by atoms with E-state index >= 15 is 8.78 Å². The van der Waals surface area contributed by atoms with Crippen molar-refractivity contribution >= 4 is 22.8 Å². The third kappa shape index (κ3) is 4.42. The number of fused-ring (bicyclic) bond motifs is 1. The zero-order valence-electron chi connectivity index (χ0n) is 22.9. The first-order chi connectivity index (χ1) is 19.5. The number of rotatable bonds is 4. The lowest BCUT2D eigenvalue weighted by atomic mass is 10.0. The average Bonchev–Trinajstić information content (AvgIpc) is 2.93. The SMILES string of the molecule is C=CC(=O)N1CCN(c2nc(=O)n(-c3c(C)ncnc3C)c3c2cc(F)c(-c2c(F)ccc(C)c2O)[n+]3[O-])[C@@H](C)C1. The number of hydrogen-bond acceptors (Lipinski definition) is 8. The van der Waals surface area contributed by atoms with Gasteiger partial charge in [-0.2, -0.15) is 4.98 Å². The van der Waals surface area contributed by atoms with Gasteiger partial charge in [0.15, 0.2) is 23.0 Å². The predicted octanol–water partition coefficient (Wildman–Crippen LogP) is 2.61. The minimum Gasteiger partial charge on any atom is -0.710 e. The van der Waals surface area contributed by atoms with Crippen LogP contribution in [0.15, 0.2) is 42.0 Å². The second-order valence-electron chi connectivity index (χ2n) is 9.94. The van der Waals surface area contributed by atoms with Crippen molar-refractivity contribution in [3.63, 3.8) is 0 Å². The number of phenolic OH excluding ortho intramolecular Hbond substituents is 1. The Kier molecular flexibility index (Phi) is 6.89. The van der Waals surface area contributed by atoms with E-state index in [0.29, 0.717) is 11.4 Å². The molecular weight excluding hydrogens is 536 g/mol. The highest BCUT2D eigenvalue weighted by atomic mass is 19.1. The summed E-state index contributed by atoms with van der Waals surface area (Å²) < 4.78 is 32.0. The van der Waals surface area contributed by atoms with Crippen LogP contribution in [0.2, 0.25) is 0 Å². The third-order valence-electron chi connectivity index (χ3n) is 7.34. The number of phenols is 1. The molecule has 0 aliphatic carbocycles. The summed E-state index contributed by atoms with van der Waals surface area (Å²) in [6, 6.07) is 2.94. The topological polar surface area (TPSA) is 131 Å². The molecule has 0 bridgehead atoms. The van der Waals surface area contributed by atoms with Crippen LogP contribution in [0.1, 0.15) is 23.9 Å². The van der Waals surface area contributed by atoms with Crippen LogP contribution in [0.5, 0.6) is 5.75 Å². The summed E-state index contributed by atoms with van der Waals surface area (Å²) in [5.41, 5.74) is -1.60. The Balaban J connectivity index is 1.87. The fraction of sp³-hybridized carbons (Fsp3) is 0.286. The molecule has 5 rings (SSSR count). The van der Waals surface area contributed by atoms with Gasteiger partial charge in [-0.3, -0.25) is 4.79 Å². The van der Waals surface area contributed by atoms with Crippen molar-refractivity contribution in [2.45, 2.75) is 33.7 Å². The number of piperazine rings is 1. The number of aromatic hydroxyl groups is 1. The molecule has 13 heteroatoms. The monoisotopic (exact) mass is 563 g/mol. The lowest BCUT2D eigenvalue weighted by molar-refractivity contribution is -0.569. The number of aryl methyl sites for hydroxylation is 3. The second kappa shape index (κ2) is 10.2. The van der Waals surface area contributed by atoms with Gasteiger partial charge in [-0.25, -0.2) is 28.3 Å². The summed E-state index contributed by atoms with van der Waals surface area (Å²) in [5, 5.41) is 24.7.